The Kier molecular flexibility index (Phi) is 6.59. The topological polar surface area (TPSA) is 55.8 Å². The third kappa shape index (κ3) is 4.79. The summed E-state index contributed by atoms with van der Waals surface area (Å²) in [5, 5.41) is -0.252. The Bertz CT molecular complexity index is 960. The number of hydrogen-bond acceptors (Lipinski definition) is 5. The summed E-state index contributed by atoms with van der Waals surface area (Å²) < 4.78 is 24.4. The predicted molar refractivity (Wildman–Crippen MR) is 111 cm³/mol. The highest BCUT2D eigenvalue weighted by Crippen LogP contribution is 2.36. The SMILES string of the molecule is CC[C@@H](C)N1C(=O)S/C(=C/c2ccc(OCc3cccc(F)c3)c(OC)c2)C1=O. The first-order valence-corrected chi connectivity index (χ1v) is 10.1. The van der Waals surface area contributed by atoms with E-state index in [0.717, 1.165) is 17.3 Å². The lowest BCUT2D eigenvalue weighted by Crippen LogP contribution is -2.36. The van der Waals surface area contributed by atoms with Gasteiger partial charge in [0.05, 0.1) is 12.0 Å². The van der Waals surface area contributed by atoms with Gasteiger partial charge in [-0.05, 0) is 66.6 Å². The molecular formula is C22H22FNO4S. The largest absolute Gasteiger partial charge is 0.493 e. The van der Waals surface area contributed by atoms with Crippen LogP contribution >= 0.6 is 11.8 Å². The van der Waals surface area contributed by atoms with Gasteiger partial charge in [0.2, 0.25) is 0 Å². The Hall–Kier alpha value is -2.80. The number of thioether (sulfide) groups is 1. The molecule has 1 heterocycles. The maximum Gasteiger partial charge on any atom is 0.293 e. The van der Waals surface area contributed by atoms with Crippen LogP contribution < -0.4 is 9.47 Å². The minimum atomic E-state index is -0.320. The zero-order valence-electron chi connectivity index (χ0n) is 16.5. The molecule has 1 aliphatic heterocycles. The highest BCUT2D eigenvalue weighted by atomic mass is 32.2. The van der Waals surface area contributed by atoms with Crippen LogP contribution in [0.5, 0.6) is 11.5 Å². The molecule has 2 aromatic carbocycles. The van der Waals surface area contributed by atoms with E-state index in [1.165, 1.54) is 24.1 Å². The lowest BCUT2D eigenvalue weighted by Gasteiger charge is -2.19. The molecular weight excluding hydrogens is 393 g/mol. The first-order chi connectivity index (χ1) is 13.9. The molecule has 2 amide bonds. The number of imide groups is 1. The van der Waals surface area contributed by atoms with Crippen LogP contribution in [0.25, 0.3) is 6.08 Å². The normalized spacial score (nSPS) is 16.4. The smallest absolute Gasteiger partial charge is 0.293 e. The van der Waals surface area contributed by atoms with Crippen molar-refractivity contribution in [2.24, 2.45) is 0 Å². The van der Waals surface area contributed by atoms with Crippen molar-refractivity contribution < 1.29 is 23.5 Å². The molecule has 1 atom stereocenters. The average molecular weight is 415 g/mol. The third-order valence-corrected chi connectivity index (χ3v) is 5.51. The van der Waals surface area contributed by atoms with Crippen molar-refractivity contribution in [3.8, 4) is 11.5 Å². The van der Waals surface area contributed by atoms with Gasteiger partial charge in [0, 0.05) is 6.04 Å². The highest BCUT2D eigenvalue weighted by molar-refractivity contribution is 8.18. The molecule has 7 heteroatoms. The lowest BCUT2D eigenvalue weighted by molar-refractivity contribution is -0.124. The van der Waals surface area contributed by atoms with Crippen molar-refractivity contribution >= 4 is 29.0 Å². The van der Waals surface area contributed by atoms with Gasteiger partial charge in [0.15, 0.2) is 11.5 Å². The number of methoxy groups -OCH3 is 1. The van der Waals surface area contributed by atoms with Crippen molar-refractivity contribution in [1.82, 2.24) is 4.90 Å². The number of hydrogen-bond donors (Lipinski definition) is 0. The van der Waals surface area contributed by atoms with Gasteiger partial charge in [-0.25, -0.2) is 4.39 Å². The van der Waals surface area contributed by atoms with Crippen LogP contribution in [0.2, 0.25) is 0 Å². The van der Waals surface area contributed by atoms with Gasteiger partial charge >= 0.3 is 0 Å². The van der Waals surface area contributed by atoms with Gasteiger partial charge in [-0.2, -0.15) is 0 Å². The number of rotatable bonds is 7. The maximum atomic E-state index is 13.3. The third-order valence-electron chi connectivity index (χ3n) is 4.62. The van der Waals surface area contributed by atoms with Crippen LogP contribution in [0.4, 0.5) is 9.18 Å². The van der Waals surface area contributed by atoms with Gasteiger partial charge in [-0.3, -0.25) is 14.5 Å². The van der Waals surface area contributed by atoms with Crippen LogP contribution in [0, 0.1) is 5.82 Å². The second-order valence-corrected chi connectivity index (χ2v) is 7.63. The number of halogens is 1. The fraction of sp³-hybridized carbons (Fsp3) is 0.273. The van der Waals surface area contributed by atoms with Gasteiger partial charge in [-0.15, -0.1) is 0 Å². The zero-order valence-corrected chi connectivity index (χ0v) is 17.3. The molecule has 29 heavy (non-hydrogen) atoms. The lowest BCUT2D eigenvalue weighted by atomic mass is 10.1. The maximum absolute atomic E-state index is 13.3. The molecule has 0 unspecified atom stereocenters. The summed E-state index contributed by atoms with van der Waals surface area (Å²) in [6.45, 7) is 3.99. The Morgan fingerprint density at radius 1 is 1.17 bits per heavy atom. The second-order valence-electron chi connectivity index (χ2n) is 6.64. The van der Waals surface area contributed by atoms with Gasteiger partial charge in [0.25, 0.3) is 11.1 Å². The minimum Gasteiger partial charge on any atom is -0.493 e. The van der Waals surface area contributed by atoms with Crippen molar-refractivity contribution in [1.29, 1.82) is 0 Å². The summed E-state index contributed by atoms with van der Waals surface area (Å²) in [5.41, 5.74) is 1.42. The van der Waals surface area contributed by atoms with Crippen molar-refractivity contribution in [3.05, 3.63) is 64.3 Å². The minimum absolute atomic E-state index is 0.137. The van der Waals surface area contributed by atoms with Crippen molar-refractivity contribution in [2.45, 2.75) is 32.9 Å². The fourth-order valence-corrected chi connectivity index (χ4v) is 3.80. The molecule has 0 spiro atoms. The molecule has 0 N–H and O–H groups in total. The predicted octanol–water partition coefficient (Wildman–Crippen LogP) is 5.25. The summed E-state index contributed by atoms with van der Waals surface area (Å²) in [4.78, 5) is 26.4. The Morgan fingerprint density at radius 2 is 1.97 bits per heavy atom. The van der Waals surface area contributed by atoms with Crippen LogP contribution in [0.3, 0.4) is 0 Å². The van der Waals surface area contributed by atoms with E-state index in [4.69, 9.17) is 9.47 Å². The molecule has 2 aromatic rings. The van der Waals surface area contributed by atoms with E-state index in [-0.39, 0.29) is 29.6 Å². The Balaban J connectivity index is 1.77. The molecule has 1 fully saturated rings. The molecule has 0 saturated carbocycles. The summed E-state index contributed by atoms with van der Waals surface area (Å²) >= 11 is 0.938. The van der Waals surface area contributed by atoms with Gasteiger partial charge in [-0.1, -0.05) is 25.1 Å². The summed E-state index contributed by atoms with van der Waals surface area (Å²) in [7, 11) is 1.52. The summed E-state index contributed by atoms with van der Waals surface area (Å²) in [6.07, 6.45) is 2.38. The molecule has 0 aliphatic carbocycles. The van der Waals surface area contributed by atoms with Crippen LogP contribution in [-0.2, 0) is 11.4 Å². The summed E-state index contributed by atoms with van der Waals surface area (Å²) in [6, 6.07) is 11.3. The average Bonchev–Trinajstić information content (AvgIpc) is 2.99. The van der Waals surface area contributed by atoms with E-state index in [2.05, 4.69) is 0 Å². The quantitative estimate of drug-likeness (QED) is 0.578. The zero-order chi connectivity index (χ0) is 21.0. The van der Waals surface area contributed by atoms with E-state index >= 15 is 0 Å². The first-order valence-electron chi connectivity index (χ1n) is 9.25. The summed E-state index contributed by atoms with van der Waals surface area (Å²) in [5.74, 6) is 0.387. The molecule has 1 saturated heterocycles. The molecule has 0 radical (unpaired) electrons. The number of nitrogens with zero attached hydrogens (tertiary/aromatic N) is 1. The van der Waals surface area contributed by atoms with E-state index in [1.807, 2.05) is 13.8 Å². The van der Waals surface area contributed by atoms with Gasteiger partial charge in [0.1, 0.15) is 12.4 Å². The van der Waals surface area contributed by atoms with Crippen molar-refractivity contribution in [3.63, 3.8) is 0 Å². The number of benzene rings is 2. The monoisotopic (exact) mass is 415 g/mol. The van der Waals surface area contributed by atoms with E-state index in [1.54, 1.807) is 36.4 Å². The molecule has 1 aliphatic rings. The first kappa shape index (κ1) is 20.9. The number of amides is 2. The Labute approximate surface area is 173 Å². The van der Waals surface area contributed by atoms with E-state index < -0.39 is 0 Å². The van der Waals surface area contributed by atoms with Crippen LogP contribution in [0.1, 0.15) is 31.4 Å². The number of carbonyl (C=O) groups is 2. The fourth-order valence-electron chi connectivity index (χ4n) is 2.87. The second kappa shape index (κ2) is 9.13. The van der Waals surface area contributed by atoms with Gasteiger partial charge < -0.3 is 9.47 Å². The number of carbonyl (C=O) groups excluding carboxylic acids is 2. The molecule has 3 rings (SSSR count). The van der Waals surface area contributed by atoms with E-state index in [0.29, 0.717) is 28.4 Å². The molecule has 0 aromatic heterocycles. The van der Waals surface area contributed by atoms with Crippen molar-refractivity contribution in [2.75, 3.05) is 7.11 Å². The molecule has 5 nitrogen and oxygen atoms in total. The Morgan fingerprint density at radius 3 is 2.66 bits per heavy atom. The highest BCUT2D eigenvalue weighted by Gasteiger charge is 2.37. The standard InChI is InChI=1S/C22H22FNO4S/c1-4-14(2)24-21(25)20(29-22(24)26)12-15-8-9-18(19(11-15)27-3)28-13-16-6-5-7-17(23)10-16/h5-12,14H,4,13H2,1-3H3/b20-12+/t14-/m1/s1. The molecule has 152 valence electrons. The molecule has 0 bridgehead atoms. The van der Waals surface area contributed by atoms with E-state index in [9.17, 15) is 14.0 Å². The number of ether oxygens (including phenoxy) is 2. The van der Waals surface area contributed by atoms with Crippen LogP contribution in [0.15, 0.2) is 47.4 Å². The van der Waals surface area contributed by atoms with Crippen LogP contribution in [-0.4, -0.2) is 29.2 Å².